The third kappa shape index (κ3) is 2.15. The molecule has 0 aliphatic rings. The first-order valence-electron chi connectivity index (χ1n) is 6.19. The van der Waals surface area contributed by atoms with Gasteiger partial charge in [-0.25, -0.2) is 4.39 Å². The number of carbonyl (C=O) groups excluding carboxylic acids is 1. The summed E-state index contributed by atoms with van der Waals surface area (Å²) in [4.78, 5) is 11.3. The monoisotopic (exact) mass is 278 g/mol. The molecule has 20 heavy (non-hydrogen) atoms. The van der Waals surface area contributed by atoms with E-state index in [9.17, 15) is 14.3 Å². The van der Waals surface area contributed by atoms with Crippen LogP contribution < -0.4 is 9.47 Å². The molecule has 5 heteroatoms. The fourth-order valence-corrected chi connectivity index (χ4v) is 2.27. The van der Waals surface area contributed by atoms with Crippen LogP contribution >= 0.6 is 0 Å². The minimum atomic E-state index is -0.564. The van der Waals surface area contributed by atoms with Crippen molar-refractivity contribution in [3.05, 3.63) is 29.6 Å². The summed E-state index contributed by atoms with van der Waals surface area (Å²) < 4.78 is 24.4. The number of phenolic OH excluding ortho intramolecular Hbond substituents is 1. The molecule has 0 aliphatic heterocycles. The number of hydrogen-bond acceptors (Lipinski definition) is 4. The van der Waals surface area contributed by atoms with Crippen molar-refractivity contribution in [2.45, 2.75) is 20.3 Å². The van der Waals surface area contributed by atoms with E-state index < -0.39 is 11.8 Å². The van der Waals surface area contributed by atoms with Gasteiger partial charge >= 0.3 is 5.97 Å². The van der Waals surface area contributed by atoms with Gasteiger partial charge in [-0.1, -0.05) is 19.1 Å². The summed E-state index contributed by atoms with van der Waals surface area (Å²) in [5, 5.41) is 10.5. The zero-order chi connectivity index (χ0) is 14.9. The van der Waals surface area contributed by atoms with Gasteiger partial charge in [-0.2, -0.15) is 0 Å². The van der Waals surface area contributed by atoms with E-state index in [-0.39, 0.29) is 28.0 Å². The molecular weight excluding hydrogens is 263 g/mol. The molecule has 0 atom stereocenters. The highest BCUT2D eigenvalue weighted by atomic mass is 19.1. The SMILES string of the molecule is CCc1c(OC)c(O)c2cccc(F)c2c1OC(C)=O. The Hall–Kier alpha value is -2.30. The number of esters is 1. The maximum Gasteiger partial charge on any atom is 0.308 e. The molecule has 4 nitrogen and oxygen atoms in total. The van der Waals surface area contributed by atoms with E-state index in [2.05, 4.69) is 0 Å². The van der Waals surface area contributed by atoms with Gasteiger partial charge in [0.15, 0.2) is 11.5 Å². The number of ether oxygens (including phenoxy) is 2. The van der Waals surface area contributed by atoms with E-state index in [1.165, 1.54) is 26.2 Å². The molecule has 2 aromatic rings. The lowest BCUT2D eigenvalue weighted by molar-refractivity contribution is -0.131. The maximum absolute atomic E-state index is 14.1. The smallest absolute Gasteiger partial charge is 0.308 e. The number of benzene rings is 2. The van der Waals surface area contributed by atoms with E-state index in [4.69, 9.17) is 9.47 Å². The molecule has 0 radical (unpaired) electrons. The summed E-state index contributed by atoms with van der Waals surface area (Å²) in [6.45, 7) is 3.04. The van der Waals surface area contributed by atoms with Crippen LogP contribution in [0.1, 0.15) is 19.4 Å². The average Bonchev–Trinajstić information content (AvgIpc) is 2.41. The molecular formula is C15H15FO4. The molecule has 0 aromatic heterocycles. The van der Waals surface area contributed by atoms with Crippen LogP contribution in [0.3, 0.4) is 0 Å². The molecule has 0 fully saturated rings. The predicted octanol–water partition coefficient (Wildman–Crippen LogP) is 3.18. The molecule has 0 unspecified atom stereocenters. The summed E-state index contributed by atoms with van der Waals surface area (Å²) in [6.07, 6.45) is 0.420. The highest BCUT2D eigenvalue weighted by Gasteiger charge is 2.23. The molecule has 2 rings (SSSR count). The molecule has 0 bridgehead atoms. The van der Waals surface area contributed by atoms with Gasteiger partial charge in [0.25, 0.3) is 0 Å². The average molecular weight is 278 g/mol. The normalized spacial score (nSPS) is 10.6. The number of phenols is 1. The zero-order valence-corrected chi connectivity index (χ0v) is 11.5. The number of hydrogen-bond donors (Lipinski definition) is 1. The largest absolute Gasteiger partial charge is 0.504 e. The molecule has 106 valence electrons. The van der Waals surface area contributed by atoms with Crippen LogP contribution in [0.4, 0.5) is 4.39 Å². The Morgan fingerprint density at radius 1 is 1.35 bits per heavy atom. The number of carbonyl (C=O) groups is 1. The van der Waals surface area contributed by atoms with Crippen LogP contribution in [0.15, 0.2) is 18.2 Å². The summed E-state index contributed by atoms with van der Waals surface area (Å²) in [5.41, 5.74) is 0.456. The molecule has 0 aliphatic carbocycles. The van der Waals surface area contributed by atoms with Crippen LogP contribution in [-0.4, -0.2) is 18.2 Å². The standard InChI is InChI=1S/C15H15FO4/c1-4-9-14(20-8(2)17)12-10(6-5-7-11(12)16)13(18)15(9)19-3/h5-7,18H,4H2,1-3H3. The Morgan fingerprint density at radius 3 is 2.60 bits per heavy atom. The first-order chi connectivity index (χ1) is 9.51. The first kappa shape index (κ1) is 14.1. The predicted molar refractivity (Wildman–Crippen MR) is 72.8 cm³/mol. The highest BCUT2D eigenvalue weighted by molar-refractivity contribution is 5.98. The fraction of sp³-hybridized carbons (Fsp3) is 0.267. The van der Waals surface area contributed by atoms with Crippen molar-refractivity contribution in [2.75, 3.05) is 7.11 Å². The molecule has 0 saturated carbocycles. The minimum absolute atomic E-state index is 0.0813. The van der Waals surface area contributed by atoms with Gasteiger partial charge in [-0.05, 0) is 12.5 Å². The van der Waals surface area contributed by atoms with Crippen LogP contribution in [0.2, 0.25) is 0 Å². The Kier molecular flexibility index (Phi) is 3.79. The first-order valence-corrected chi connectivity index (χ1v) is 6.19. The van der Waals surface area contributed by atoms with Gasteiger partial charge in [-0.3, -0.25) is 4.79 Å². The minimum Gasteiger partial charge on any atom is -0.504 e. The van der Waals surface area contributed by atoms with Crippen molar-refractivity contribution in [3.63, 3.8) is 0 Å². The summed E-state index contributed by atoms with van der Waals surface area (Å²) >= 11 is 0. The van der Waals surface area contributed by atoms with Crippen LogP contribution in [-0.2, 0) is 11.2 Å². The molecule has 0 heterocycles. The number of fused-ring (bicyclic) bond motifs is 1. The van der Waals surface area contributed by atoms with Crippen LogP contribution in [0, 0.1) is 5.82 Å². The van der Waals surface area contributed by atoms with Gasteiger partial charge in [0.1, 0.15) is 11.6 Å². The second-order valence-corrected chi connectivity index (χ2v) is 4.30. The lowest BCUT2D eigenvalue weighted by Gasteiger charge is -2.17. The van der Waals surface area contributed by atoms with Crippen molar-refractivity contribution in [2.24, 2.45) is 0 Å². The zero-order valence-electron chi connectivity index (χ0n) is 11.5. The topological polar surface area (TPSA) is 55.8 Å². The van der Waals surface area contributed by atoms with Crippen molar-refractivity contribution in [1.29, 1.82) is 0 Å². The second-order valence-electron chi connectivity index (χ2n) is 4.30. The summed E-state index contributed by atoms with van der Waals surface area (Å²) in [6, 6.07) is 4.27. The number of rotatable bonds is 3. The van der Waals surface area contributed by atoms with Crippen molar-refractivity contribution < 1.29 is 23.8 Å². The van der Waals surface area contributed by atoms with Gasteiger partial charge < -0.3 is 14.6 Å². The molecule has 0 amide bonds. The van der Waals surface area contributed by atoms with Gasteiger partial charge in [-0.15, -0.1) is 0 Å². The number of aromatic hydroxyl groups is 1. The Balaban J connectivity index is 2.96. The summed E-state index contributed by atoms with van der Waals surface area (Å²) in [5.74, 6) is -0.984. The van der Waals surface area contributed by atoms with Crippen molar-refractivity contribution in [3.8, 4) is 17.2 Å². The van der Waals surface area contributed by atoms with Crippen LogP contribution in [0.5, 0.6) is 17.2 Å². The van der Waals surface area contributed by atoms with Gasteiger partial charge in [0, 0.05) is 17.9 Å². The van der Waals surface area contributed by atoms with Gasteiger partial charge in [0.2, 0.25) is 0 Å². The molecule has 0 saturated heterocycles. The number of halogens is 1. The third-order valence-electron chi connectivity index (χ3n) is 3.06. The van der Waals surface area contributed by atoms with Crippen molar-refractivity contribution in [1.82, 2.24) is 0 Å². The van der Waals surface area contributed by atoms with Gasteiger partial charge in [0.05, 0.1) is 12.5 Å². The highest BCUT2D eigenvalue weighted by Crippen LogP contribution is 2.46. The van der Waals surface area contributed by atoms with E-state index in [0.29, 0.717) is 12.0 Å². The lowest BCUT2D eigenvalue weighted by Crippen LogP contribution is -2.06. The Labute approximate surface area is 115 Å². The van der Waals surface area contributed by atoms with E-state index in [1.807, 2.05) is 0 Å². The molecule has 1 N–H and O–H groups in total. The van der Waals surface area contributed by atoms with E-state index in [1.54, 1.807) is 13.0 Å². The van der Waals surface area contributed by atoms with E-state index >= 15 is 0 Å². The third-order valence-corrected chi connectivity index (χ3v) is 3.06. The summed E-state index contributed by atoms with van der Waals surface area (Å²) in [7, 11) is 1.40. The quantitative estimate of drug-likeness (QED) is 0.692. The van der Waals surface area contributed by atoms with Crippen LogP contribution in [0.25, 0.3) is 10.8 Å². The Morgan fingerprint density at radius 2 is 2.05 bits per heavy atom. The van der Waals surface area contributed by atoms with Crippen molar-refractivity contribution >= 4 is 16.7 Å². The maximum atomic E-state index is 14.1. The van der Waals surface area contributed by atoms with E-state index in [0.717, 1.165) is 0 Å². The second kappa shape index (κ2) is 5.36. The Bertz CT molecular complexity index is 679. The fourth-order valence-electron chi connectivity index (χ4n) is 2.27. The lowest BCUT2D eigenvalue weighted by atomic mass is 10.0. The molecule has 0 spiro atoms. The molecule has 2 aromatic carbocycles. The number of methoxy groups -OCH3 is 1.